The molecule has 5 aromatic rings. The molecule has 0 aliphatic carbocycles. The van der Waals surface area contributed by atoms with Crippen LogP contribution in [0.15, 0.2) is 73.2 Å². The normalized spacial score (nSPS) is 14.6. The highest BCUT2D eigenvalue weighted by atomic mass is 19.1. The minimum absolute atomic E-state index is 0.117. The van der Waals surface area contributed by atoms with Gasteiger partial charge in [0.25, 0.3) is 5.91 Å². The van der Waals surface area contributed by atoms with Crippen molar-refractivity contribution in [1.29, 1.82) is 0 Å². The van der Waals surface area contributed by atoms with Crippen molar-refractivity contribution in [2.45, 2.75) is 12.6 Å². The number of H-pyrrole nitrogens is 2. The first-order chi connectivity index (χ1) is 16.9. The Morgan fingerprint density at radius 1 is 1.06 bits per heavy atom. The number of hydrogen-bond donors (Lipinski definition) is 3. The summed E-state index contributed by atoms with van der Waals surface area (Å²) in [6, 6.07) is 17.4. The second kappa shape index (κ2) is 8.05. The van der Waals surface area contributed by atoms with Gasteiger partial charge in [0.2, 0.25) is 0 Å². The fourth-order valence-electron chi connectivity index (χ4n) is 4.31. The van der Waals surface area contributed by atoms with Crippen LogP contribution in [-0.2, 0) is 0 Å². The van der Waals surface area contributed by atoms with E-state index < -0.39 is 5.67 Å². The maximum Gasteiger partial charge on any atom is 0.270 e. The van der Waals surface area contributed by atoms with E-state index in [4.69, 9.17) is 0 Å². The molecule has 0 spiro atoms. The van der Waals surface area contributed by atoms with Crippen LogP contribution in [0.4, 0.5) is 15.9 Å². The number of carbonyl (C=O) groups is 1. The average Bonchev–Trinajstić information content (AvgIpc) is 3.52. The lowest BCUT2D eigenvalue weighted by Gasteiger charge is -2.41. The quantitative estimate of drug-likeness (QED) is 0.340. The molecule has 0 atom stereocenters. The van der Waals surface area contributed by atoms with Crippen LogP contribution in [0.1, 0.15) is 17.4 Å². The number of carbonyl (C=O) groups excluding carboxylic acids is 1. The molecule has 6 rings (SSSR count). The number of nitrogens with one attached hydrogen (secondary N) is 3. The van der Waals surface area contributed by atoms with Crippen LogP contribution in [0.25, 0.3) is 33.4 Å². The third-order valence-corrected chi connectivity index (χ3v) is 6.08. The third kappa shape index (κ3) is 4.12. The molecule has 8 nitrogen and oxygen atoms in total. The van der Waals surface area contributed by atoms with E-state index in [9.17, 15) is 9.18 Å². The van der Waals surface area contributed by atoms with Gasteiger partial charge in [-0.2, -0.15) is 5.10 Å². The number of nitrogens with zero attached hydrogens (tertiary/aromatic N) is 4. The lowest BCUT2D eigenvalue weighted by molar-refractivity contribution is -0.00816. The highest BCUT2D eigenvalue weighted by Gasteiger charge is 2.42. The summed E-state index contributed by atoms with van der Waals surface area (Å²) in [5.74, 6) is 1.03. The fraction of sp³-hybridized carbons (Fsp3) is 0.154. The summed E-state index contributed by atoms with van der Waals surface area (Å²) in [5, 5.41) is 11.0. The topological polar surface area (TPSA) is 103 Å². The predicted octanol–water partition coefficient (Wildman–Crippen LogP) is 4.94. The molecule has 1 amide bonds. The molecular weight excluding hydrogens is 445 g/mol. The Morgan fingerprint density at radius 2 is 1.86 bits per heavy atom. The molecule has 1 fully saturated rings. The third-order valence-electron chi connectivity index (χ3n) is 6.08. The van der Waals surface area contributed by atoms with Crippen LogP contribution < -0.4 is 5.32 Å². The second-order valence-electron chi connectivity index (χ2n) is 9.01. The number of rotatable bonds is 5. The number of hydrogen-bond acceptors (Lipinski definition) is 5. The monoisotopic (exact) mass is 467 g/mol. The number of alkyl halides is 1. The summed E-state index contributed by atoms with van der Waals surface area (Å²) in [7, 11) is 0. The predicted molar refractivity (Wildman–Crippen MR) is 132 cm³/mol. The van der Waals surface area contributed by atoms with Gasteiger partial charge in [-0.25, -0.2) is 14.4 Å². The van der Waals surface area contributed by atoms with Crippen molar-refractivity contribution in [2.75, 3.05) is 18.4 Å². The summed E-state index contributed by atoms with van der Waals surface area (Å²) in [4.78, 5) is 26.4. The number of aromatic amines is 2. The van der Waals surface area contributed by atoms with E-state index in [-0.39, 0.29) is 19.0 Å². The smallest absolute Gasteiger partial charge is 0.270 e. The molecule has 0 bridgehead atoms. The van der Waals surface area contributed by atoms with Crippen LogP contribution in [0.5, 0.6) is 0 Å². The Hall–Kier alpha value is -4.53. The number of halogens is 1. The molecule has 1 aliphatic heterocycles. The van der Waals surface area contributed by atoms with E-state index in [0.717, 1.165) is 33.3 Å². The molecular formula is C26H22FN7O. The lowest BCUT2D eigenvalue weighted by Crippen LogP contribution is -2.59. The van der Waals surface area contributed by atoms with Gasteiger partial charge in [0.15, 0.2) is 5.82 Å². The van der Waals surface area contributed by atoms with Crippen LogP contribution >= 0.6 is 0 Å². The summed E-state index contributed by atoms with van der Waals surface area (Å²) >= 11 is 0. The molecule has 35 heavy (non-hydrogen) atoms. The largest absolute Gasteiger partial charge is 0.351 e. The number of anilines is 2. The first-order valence-corrected chi connectivity index (χ1v) is 11.2. The molecule has 0 saturated carbocycles. The number of amides is 1. The molecule has 174 valence electrons. The van der Waals surface area contributed by atoms with Gasteiger partial charge >= 0.3 is 0 Å². The minimum Gasteiger partial charge on any atom is -0.351 e. The second-order valence-corrected chi connectivity index (χ2v) is 9.01. The number of likely N-dealkylation sites (tertiary alicyclic amines) is 1. The summed E-state index contributed by atoms with van der Waals surface area (Å²) < 4.78 is 13.8. The molecule has 1 aliphatic rings. The van der Waals surface area contributed by atoms with E-state index in [1.54, 1.807) is 18.5 Å². The summed E-state index contributed by atoms with van der Waals surface area (Å²) in [5.41, 5.74) is 3.76. The molecule has 4 heterocycles. The highest BCUT2D eigenvalue weighted by molar-refractivity contribution is 5.99. The van der Waals surface area contributed by atoms with Gasteiger partial charge in [-0.05, 0) is 42.8 Å². The van der Waals surface area contributed by atoms with Crippen LogP contribution in [0, 0.1) is 0 Å². The number of fused-ring (bicyclic) bond motifs is 1. The van der Waals surface area contributed by atoms with E-state index >= 15 is 0 Å². The van der Waals surface area contributed by atoms with Crippen molar-refractivity contribution in [3.05, 3.63) is 78.9 Å². The van der Waals surface area contributed by atoms with E-state index in [1.807, 2.05) is 54.7 Å². The van der Waals surface area contributed by atoms with Gasteiger partial charge in [0, 0.05) is 40.1 Å². The van der Waals surface area contributed by atoms with E-state index in [1.165, 1.54) is 11.8 Å². The van der Waals surface area contributed by atoms with Crippen LogP contribution in [0.3, 0.4) is 0 Å². The first-order valence-electron chi connectivity index (χ1n) is 11.2. The summed E-state index contributed by atoms with van der Waals surface area (Å²) in [6.07, 6.45) is 5.34. The molecule has 1 saturated heterocycles. The van der Waals surface area contributed by atoms with Gasteiger partial charge in [-0.3, -0.25) is 9.89 Å². The molecule has 0 radical (unpaired) electrons. The number of aromatic nitrogens is 5. The zero-order valence-corrected chi connectivity index (χ0v) is 18.9. The highest BCUT2D eigenvalue weighted by Crippen LogP contribution is 2.28. The Morgan fingerprint density at radius 3 is 2.60 bits per heavy atom. The van der Waals surface area contributed by atoms with Crippen molar-refractivity contribution >= 4 is 28.3 Å². The Labute approximate surface area is 200 Å². The zero-order valence-electron chi connectivity index (χ0n) is 18.9. The zero-order chi connectivity index (χ0) is 24.0. The van der Waals surface area contributed by atoms with Crippen LogP contribution in [-0.4, -0.2) is 54.7 Å². The van der Waals surface area contributed by atoms with Gasteiger partial charge in [0.05, 0.1) is 19.3 Å². The molecule has 2 aromatic carbocycles. The standard InChI is InChI=1S/C26H22FN7O/c1-26(27)14-34(15-26)25(35)22-10-17-2-3-18(11-21(17)32-22)24-28-9-8-23(33-24)31-20-6-4-16(5-7-20)19-12-29-30-13-19/h2-13,32H,14-15H2,1H3,(H,29,30)(H,28,31,33). The van der Waals surface area contributed by atoms with Crippen LogP contribution in [0.2, 0.25) is 0 Å². The SMILES string of the molecule is CC1(F)CN(C(=O)c2cc3ccc(-c4nccc(Nc5ccc(-c6cn[nH]c6)cc5)n4)cc3[nH]2)C1. The van der Waals surface area contributed by atoms with Crippen molar-refractivity contribution in [3.8, 4) is 22.5 Å². The maximum atomic E-state index is 13.8. The van der Waals surface area contributed by atoms with E-state index in [0.29, 0.717) is 17.3 Å². The molecule has 3 aromatic heterocycles. The van der Waals surface area contributed by atoms with E-state index in [2.05, 4.69) is 30.5 Å². The van der Waals surface area contributed by atoms with Crippen molar-refractivity contribution in [1.82, 2.24) is 30.0 Å². The average molecular weight is 468 g/mol. The summed E-state index contributed by atoms with van der Waals surface area (Å²) in [6.45, 7) is 1.74. The van der Waals surface area contributed by atoms with Gasteiger partial charge in [0.1, 0.15) is 17.2 Å². The number of benzene rings is 2. The van der Waals surface area contributed by atoms with Crippen molar-refractivity contribution in [3.63, 3.8) is 0 Å². The first kappa shape index (κ1) is 21.0. The maximum absolute atomic E-state index is 13.8. The minimum atomic E-state index is -1.30. The fourth-order valence-corrected chi connectivity index (χ4v) is 4.31. The molecule has 0 unspecified atom stereocenters. The molecule has 3 N–H and O–H groups in total. The Balaban J connectivity index is 1.21. The Kier molecular flexibility index (Phi) is 4.84. The lowest BCUT2D eigenvalue weighted by atomic mass is 9.99. The van der Waals surface area contributed by atoms with Gasteiger partial charge in [-0.15, -0.1) is 0 Å². The van der Waals surface area contributed by atoms with Crippen molar-refractivity contribution < 1.29 is 9.18 Å². The van der Waals surface area contributed by atoms with Crippen molar-refractivity contribution in [2.24, 2.45) is 0 Å². The van der Waals surface area contributed by atoms with Gasteiger partial charge in [-0.1, -0.05) is 24.3 Å². The molecule has 9 heteroatoms. The Bertz CT molecular complexity index is 1520. The van der Waals surface area contributed by atoms with Gasteiger partial charge < -0.3 is 15.2 Å².